The fourth-order valence-corrected chi connectivity index (χ4v) is 3.56. The Morgan fingerprint density at radius 3 is 2.47 bits per heavy atom. The number of aromatic amines is 1. The first-order valence-electron chi connectivity index (χ1n) is 9.97. The Morgan fingerprint density at radius 1 is 1.13 bits per heavy atom. The van der Waals surface area contributed by atoms with Gasteiger partial charge in [-0.05, 0) is 67.5 Å². The van der Waals surface area contributed by atoms with Gasteiger partial charge in [0.15, 0.2) is 5.11 Å². The lowest BCUT2D eigenvalue weighted by atomic mass is 10.0. The van der Waals surface area contributed by atoms with Crippen LogP contribution in [0, 0.1) is 19.7 Å². The van der Waals surface area contributed by atoms with Crippen molar-refractivity contribution in [3.05, 3.63) is 75.3 Å². The van der Waals surface area contributed by atoms with E-state index in [1.165, 1.54) is 17.0 Å². The summed E-state index contributed by atoms with van der Waals surface area (Å²) in [6, 6.07) is 12.1. The average molecular weight is 428 g/mol. The molecule has 3 rings (SSSR count). The molecule has 0 aliphatic rings. The number of rotatable bonds is 6. The fraction of sp³-hybridized carbons (Fsp3) is 0.304. The van der Waals surface area contributed by atoms with Crippen molar-refractivity contribution in [2.45, 2.75) is 20.4 Å². The molecule has 1 aromatic heterocycles. The van der Waals surface area contributed by atoms with Gasteiger partial charge in [0, 0.05) is 16.6 Å². The molecule has 3 N–H and O–H groups in total. The Morgan fingerprint density at radius 2 is 1.80 bits per heavy atom. The van der Waals surface area contributed by atoms with E-state index in [4.69, 9.17) is 12.2 Å². The van der Waals surface area contributed by atoms with E-state index in [1.54, 1.807) is 12.1 Å². The van der Waals surface area contributed by atoms with Crippen LogP contribution in [-0.2, 0) is 6.54 Å². The van der Waals surface area contributed by atoms with Crippen LogP contribution >= 0.6 is 12.2 Å². The number of anilines is 1. The lowest BCUT2D eigenvalue weighted by molar-refractivity contribution is -0.857. The normalized spacial score (nSPS) is 11.1. The molecule has 0 saturated carbocycles. The Balaban J connectivity index is 1.89. The van der Waals surface area contributed by atoms with E-state index in [9.17, 15) is 9.18 Å². The number of benzene rings is 2. The van der Waals surface area contributed by atoms with Crippen molar-refractivity contribution >= 4 is 33.9 Å². The second-order valence-corrected chi connectivity index (χ2v) is 8.31. The molecule has 0 fully saturated rings. The Labute approximate surface area is 181 Å². The summed E-state index contributed by atoms with van der Waals surface area (Å²) in [7, 11) is 4.15. The van der Waals surface area contributed by atoms with E-state index in [-0.39, 0.29) is 11.4 Å². The van der Waals surface area contributed by atoms with Gasteiger partial charge in [-0.15, -0.1) is 0 Å². The van der Waals surface area contributed by atoms with Crippen molar-refractivity contribution in [1.82, 2.24) is 9.88 Å². The SMILES string of the molecule is Cc1ccc(C)c2[nH]c(=O)c(CN(CC[NH+](C)C)C(=S)Nc3ccc(F)cc3)cc12. The summed E-state index contributed by atoms with van der Waals surface area (Å²) in [4.78, 5) is 19.1. The molecule has 0 unspecified atom stereocenters. The molecule has 7 heteroatoms. The molecule has 0 saturated heterocycles. The van der Waals surface area contributed by atoms with Crippen LogP contribution in [0.5, 0.6) is 0 Å². The van der Waals surface area contributed by atoms with Crippen molar-refractivity contribution in [3.8, 4) is 0 Å². The number of nitrogens with zero attached hydrogens (tertiary/aromatic N) is 1. The number of halogens is 1. The standard InChI is InChI=1S/C23H27FN4OS/c1-15-5-6-16(2)21-20(15)13-17(22(29)26-21)14-28(12-11-27(3)4)23(30)25-19-9-7-18(24)8-10-19/h5-10,13H,11-12,14H2,1-4H3,(H,25,30)(H,26,29)/p+1. The molecular weight excluding hydrogens is 399 g/mol. The van der Waals surface area contributed by atoms with Gasteiger partial charge in [-0.25, -0.2) is 4.39 Å². The van der Waals surface area contributed by atoms with Crippen LogP contribution in [0.3, 0.4) is 0 Å². The minimum Gasteiger partial charge on any atom is -0.339 e. The predicted molar refractivity (Wildman–Crippen MR) is 125 cm³/mol. The number of aryl methyl sites for hydroxylation is 2. The van der Waals surface area contributed by atoms with Gasteiger partial charge in [0.1, 0.15) is 5.82 Å². The minimum atomic E-state index is -0.298. The van der Waals surface area contributed by atoms with Crippen molar-refractivity contribution in [2.24, 2.45) is 0 Å². The van der Waals surface area contributed by atoms with Crippen molar-refractivity contribution in [1.29, 1.82) is 0 Å². The lowest BCUT2D eigenvalue weighted by Gasteiger charge is -2.26. The highest BCUT2D eigenvalue weighted by Crippen LogP contribution is 2.20. The molecule has 0 spiro atoms. The number of pyridine rings is 1. The number of H-pyrrole nitrogens is 1. The molecule has 1 heterocycles. The first kappa shape index (κ1) is 21.9. The predicted octanol–water partition coefficient (Wildman–Crippen LogP) is 2.63. The zero-order valence-corrected chi connectivity index (χ0v) is 18.6. The van der Waals surface area contributed by atoms with Crippen LogP contribution in [0.2, 0.25) is 0 Å². The smallest absolute Gasteiger partial charge is 0.253 e. The van der Waals surface area contributed by atoms with Gasteiger partial charge in [0.05, 0.1) is 39.2 Å². The van der Waals surface area contributed by atoms with E-state index in [1.807, 2.05) is 30.9 Å². The number of hydrogen-bond acceptors (Lipinski definition) is 2. The van der Waals surface area contributed by atoms with Crippen LogP contribution in [0.4, 0.5) is 10.1 Å². The molecule has 158 valence electrons. The molecule has 0 bridgehead atoms. The Hall–Kier alpha value is -2.77. The van der Waals surface area contributed by atoms with Gasteiger partial charge in [-0.3, -0.25) is 4.79 Å². The van der Waals surface area contributed by atoms with Crippen LogP contribution in [-0.4, -0.2) is 42.2 Å². The highest BCUT2D eigenvalue weighted by Gasteiger charge is 2.16. The van der Waals surface area contributed by atoms with Crippen molar-refractivity contribution in [3.63, 3.8) is 0 Å². The largest absolute Gasteiger partial charge is 0.339 e. The number of nitrogens with one attached hydrogen (secondary N) is 3. The minimum absolute atomic E-state index is 0.108. The first-order chi connectivity index (χ1) is 14.2. The van der Waals surface area contributed by atoms with Gasteiger partial charge in [0.25, 0.3) is 5.56 Å². The summed E-state index contributed by atoms with van der Waals surface area (Å²) >= 11 is 5.63. The number of thiocarbonyl (C=S) groups is 1. The molecule has 0 aliphatic heterocycles. The van der Waals surface area contributed by atoms with Gasteiger partial charge < -0.3 is 20.1 Å². The molecule has 0 amide bonds. The molecule has 2 aromatic carbocycles. The van der Waals surface area contributed by atoms with Gasteiger partial charge in [0.2, 0.25) is 0 Å². The molecule has 30 heavy (non-hydrogen) atoms. The third kappa shape index (κ3) is 5.23. The zero-order valence-electron chi connectivity index (χ0n) is 17.8. The van der Waals surface area contributed by atoms with Gasteiger partial charge in [-0.2, -0.15) is 0 Å². The van der Waals surface area contributed by atoms with E-state index in [0.29, 0.717) is 29.5 Å². The van der Waals surface area contributed by atoms with Gasteiger partial charge in [-0.1, -0.05) is 12.1 Å². The third-order valence-corrected chi connectivity index (χ3v) is 5.51. The number of aromatic nitrogens is 1. The summed E-state index contributed by atoms with van der Waals surface area (Å²) < 4.78 is 13.2. The molecule has 0 aliphatic carbocycles. The maximum Gasteiger partial charge on any atom is 0.253 e. The van der Waals surface area contributed by atoms with E-state index in [2.05, 4.69) is 30.5 Å². The summed E-state index contributed by atoms with van der Waals surface area (Å²) in [5.41, 5.74) is 4.30. The van der Waals surface area contributed by atoms with Crippen molar-refractivity contribution in [2.75, 3.05) is 32.5 Å². The number of likely N-dealkylation sites (N-methyl/N-ethyl adjacent to an activating group) is 1. The molecule has 5 nitrogen and oxygen atoms in total. The summed E-state index contributed by atoms with van der Waals surface area (Å²) in [5, 5.41) is 4.70. The highest BCUT2D eigenvalue weighted by molar-refractivity contribution is 7.80. The topological polar surface area (TPSA) is 52.6 Å². The second-order valence-electron chi connectivity index (χ2n) is 7.93. The molecule has 0 atom stereocenters. The van der Waals surface area contributed by atoms with E-state index >= 15 is 0 Å². The fourth-order valence-electron chi connectivity index (χ4n) is 3.29. The van der Waals surface area contributed by atoms with Crippen molar-refractivity contribution < 1.29 is 9.29 Å². The lowest BCUT2D eigenvalue weighted by Crippen LogP contribution is -3.06. The Bertz CT molecular complexity index is 1110. The number of hydrogen-bond donors (Lipinski definition) is 3. The summed E-state index contributed by atoms with van der Waals surface area (Å²) in [6.45, 7) is 5.95. The quantitative estimate of drug-likeness (QED) is 0.530. The number of fused-ring (bicyclic) bond motifs is 1. The maximum atomic E-state index is 13.2. The molecule has 0 radical (unpaired) electrons. The molecular formula is C23H28FN4OS+. The average Bonchev–Trinajstić information content (AvgIpc) is 2.70. The van der Waals surface area contributed by atoms with E-state index < -0.39 is 0 Å². The van der Waals surface area contributed by atoms with Crippen LogP contribution in [0.25, 0.3) is 10.9 Å². The van der Waals surface area contributed by atoms with Crippen LogP contribution < -0.4 is 15.8 Å². The summed E-state index contributed by atoms with van der Waals surface area (Å²) in [5.74, 6) is -0.298. The monoisotopic (exact) mass is 427 g/mol. The van der Waals surface area contributed by atoms with E-state index in [0.717, 1.165) is 28.6 Å². The van der Waals surface area contributed by atoms with Crippen LogP contribution in [0.15, 0.2) is 47.3 Å². The van der Waals surface area contributed by atoms with Gasteiger partial charge >= 0.3 is 0 Å². The third-order valence-electron chi connectivity index (χ3n) is 5.15. The first-order valence-corrected chi connectivity index (χ1v) is 10.4. The molecule has 3 aromatic rings. The number of quaternary nitrogens is 1. The second kappa shape index (κ2) is 9.36. The highest BCUT2D eigenvalue weighted by atomic mass is 32.1. The maximum absolute atomic E-state index is 13.2. The summed E-state index contributed by atoms with van der Waals surface area (Å²) in [6.07, 6.45) is 0. The Kier molecular flexibility index (Phi) is 6.84. The van der Waals surface area contributed by atoms with Crippen LogP contribution in [0.1, 0.15) is 16.7 Å². The zero-order chi connectivity index (χ0) is 21.8.